The molecule has 34 heavy (non-hydrogen) atoms. The Balaban J connectivity index is 1.37. The van der Waals surface area contributed by atoms with Gasteiger partial charge in [0.1, 0.15) is 23.0 Å². The van der Waals surface area contributed by atoms with Crippen molar-refractivity contribution in [2.24, 2.45) is 0 Å². The quantitative estimate of drug-likeness (QED) is 0.634. The first-order chi connectivity index (χ1) is 16.1. The molecule has 1 spiro atoms. The predicted molar refractivity (Wildman–Crippen MR) is 119 cm³/mol. The van der Waals surface area contributed by atoms with Crippen molar-refractivity contribution in [1.29, 1.82) is 5.26 Å². The first-order valence-electron chi connectivity index (χ1n) is 10.6. The standard InChI is InChI=1S/C23H23F2N3O5S/c1-34(30,31)20-5-3-16(13-19(20)33-22(24)25)32-11-10-28-8-6-23(7-9-28)17-12-15(14-26)2-4-18(17)27-21(23)29/h2-5,12-13,22H,6-11H2,1H3,(H,27,29). The number of nitrogens with zero attached hydrogens (tertiary/aromatic N) is 2. The lowest BCUT2D eigenvalue weighted by Gasteiger charge is -2.38. The van der Waals surface area contributed by atoms with Crippen LogP contribution in [0.2, 0.25) is 0 Å². The maximum Gasteiger partial charge on any atom is 0.387 e. The fourth-order valence-corrected chi connectivity index (χ4v) is 5.29. The van der Waals surface area contributed by atoms with Crippen molar-refractivity contribution in [3.63, 3.8) is 0 Å². The number of sulfone groups is 1. The fourth-order valence-electron chi connectivity index (χ4n) is 4.50. The number of hydrogen-bond acceptors (Lipinski definition) is 7. The Labute approximate surface area is 196 Å². The number of likely N-dealkylation sites (tertiary alicyclic amines) is 1. The van der Waals surface area contributed by atoms with Crippen molar-refractivity contribution < 1.29 is 31.5 Å². The smallest absolute Gasteiger partial charge is 0.387 e. The first kappa shape index (κ1) is 23.9. The predicted octanol–water partition coefficient (Wildman–Crippen LogP) is 2.93. The molecule has 0 saturated carbocycles. The maximum absolute atomic E-state index is 12.8. The van der Waals surface area contributed by atoms with Crippen LogP contribution in [-0.4, -0.2) is 58.3 Å². The van der Waals surface area contributed by atoms with Gasteiger partial charge in [-0.2, -0.15) is 14.0 Å². The van der Waals surface area contributed by atoms with E-state index in [4.69, 9.17) is 4.74 Å². The largest absolute Gasteiger partial charge is 0.492 e. The molecule has 2 heterocycles. The number of fused-ring (bicyclic) bond motifs is 2. The number of benzene rings is 2. The number of anilines is 1. The van der Waals surface area contributed by atoms with Crippen molar-refractivity contribution in [2.45, 2.75) is 29.8 Å². The van der Waals surface area contributed by atoms with Crippen LogP contribution in [0, 0.1) is 11.3 Å². The van der Waals surface area contributed by atoms with Gasteiger partial charge in [0.15, 0.2) is 9.84 Å². The maximum atomic E-state index is 12.8. The summed E-state index contributed by atoms with van der Waals surface area (Å²) in [5, 5.41) is 12.1. The van der Waals surface area contributed by atoms with Crippen LogP contribution in [0.1, 0.15) is 24.0 Å². The number of piperidine rings is 1. The van der Waals surface area contributed by atoms with Gasteiger partial charge in [0, 0.05) is 24.6 Å². The summed E-state index contributed by atoms with van der Waals surface area (Å²) in [4.78, 5) is 14.6. The molecule has 1 fully saturated rings. The molecule has 1 amide bonds. The van der Waals surface area contributed by atoms with Crippen molar-refractivity contribution >= 4 is 21.4 Å². The zero-order valence-electron chi connectivity index (χ0n) is 18.4. The van der Waals surface area contributed by atoms with Gasteiger partial charge < -0.3 is 14.8 Å². The molecule has 1 N–H and O–H groups in total. The van der Waals surface area contributed by atoms with Crippen molar-refractivity contribution in [3.8, 4) is 17.6 Å². The number of hydrogen-bond donors (Lipinski definition) is 1. The summed E-state index contributed by atoms with van der Waals surface area (Å²) in [7, 11) is -3.75. The third-order valence-corrected chi connectivity index (χ3v) is 7.40. The monoisotopic (exact) mass is 491 g/mol. The van der Waals surface area contributed by atoms with E-state index >= 15 is 0 Å². The first-order valence-corrected chi connectivity index (χ1v) is 12.5. The lowest BCUT2D eigenvalue weighted by Crippen LogP contribution is -2.47. The number of nitrogens with one attached hydrogen (secondary N) is 1. The highest BCUT2D eigenvalue weighted by molar-refractivity contribution is 7.90. The lowest BCUT2D eigenvalue weighted by molar-refractivity contribution is -0.122. The number of rotatable bonds is 7. The zero-order valence-corrected chi connectivity index (χ0v) is 19.2. The minimum absolute atomic E-state index is 0.0500. The van der Waals surface area contributed by atoms with Gasteiger partial charge in [-0.25, -0.2) is 8.42 Å². The molecule has 2 aromatic rings. The van der Waals surface area contributed by atoms with Crippen LogP contribution < -0.4 is 14.8 Å². The minimum Gasteiger partial charge on any atom is -0.492 e. The molecule has 0 aromatic heterocycles. The topological polar surface area (TPSA) is 109 Å². The molecule has 8 nitrogen and oxygen atoms in total. The number of halogens is 2. The Bertz CT molecular complexity index is 1250. The van der Waals surface area contributed by atoms with Gasteiger partial charge in [0.05, 0.1) is 17.0 Å². The highest BCUT2D eigenvalue weighted by Crippen LogP contribution is 2.45. The average Bonchev–Trinajstić information content (AvgIpc) is 3.04. The Morgan fingerprint density at radius 1 is 1.21 bits per heavy atom. The normalized spacial score (nSPS) is 17.3. The summed E-state index contributed by atoms with van der Waals surface area (Å²) in [6.45, 7) is -1.12. The van der Waals surface area contributed by atoms with Gasteiger partial charge in [-0.1, -0.05) is 0 Å². The molecule has 0 atom stereocenters. The van der Waals surface area contributed by atoms with Crippen LogP contribution in [0.15, 0.2) is 41.3 Å². The SMILES string of the molecule is CS(=O)(=O)c1ccc(OCCN2CCC3(CC2)C(=O)Nc2ccc(C#N)cc23)cc1OC(F)F. The molecule has 2 aliphatic rings. The second-order valence-corrected chi connectivity index (χ2v) is 10.3. The summed E-state index contributed by atoms with van der Waals surface area (Å²) >= 11 is 0. The number of alkyl halides is 2. The summed E-state index contributed by atoms with van der Waals surface area (Å²) < 4.78 is 59.0. The van der Waals surface area contributed by atoms with E-state index in [1.165, 1.54) is 12.1 Å². The van der Waals surface area contributed by atoms with Gasteiger partial charge in [0.2, 0.25) is 5.91 Å². The number of carbonyl (C=O) groups excluding carboxylic acids is 1. The average molecular weight is 492 g/mol. The molecular weight excluding hydrogens is 468 g/mol. The van der Waals surface area contributed by atoms with Crippen LogP contribution in [0.25, 0.3) is 0 Å². The number of carbonyl (C=O) groups is 1. The molecule has 0 aliphatic carbocycles. The second kappa shape index (κ2) is 9.19. The minimum atomic E-state index is -3.75. The van der Waals surface area contributed by atoms with Gasteiger partial charge in [-0.05, 0) is 61.8 Å². The molecule has 2 aliphatic heterocycles. The third kappa shape index (κ3) is 4.69. The molecule has 180 valence electrons. The van der Waals surface area contributed by atoms with Gasteiger partial charge in [0.25, 0.3) is 0 Å². The van der Waals surface area contributed by atoms with E-state index < -0.39 is 27.6 Å². The number of amides is 1. The van der Waals surface area contributed by atoms with E-state index in [0.29, 0.717) is 38.0 Å². The highest BCUT2D eigenvalue weighted by atomic mass is 32.2. The van der Waals surface area contributed by atoms with E-state index in [1.54, 1.807) is 18.2 Å². The van der Waals surface area contributed by atoms with Gasteiger partial charge in [-0.3, -0.25) is 9.69 Å². The summed E-state index contributed by atoms with van der Waals surface area (Å²) in [6, 6.07) is 11.1. The van der Waals surface area contributed by atoms with Crippen LogP contribution in [0.5, 0.6) is 11.5 Å². The van der Waals surface area contributed by atoms with E-state index in [2.05, 4.69) is 21.0 Å². The van der Waals surface area contributed by atoms with E-state index in [-0.39, 0.29) is 23.2 Å². The van der Waals surface area contributed by atoms with Crippen LogP contribution in [0.3, 0.4) is 0 Å². The van der Waals surface area contributed by atoms with E-state index in [9.17, 15) is 27.3 Å². The van der Waals surface area contributed by atoms with Crippen molar-refractivity contribution in [1.82, 2.24) is 4.90 Å². The Kier molecular flexibility index (Phi) is 6.47. The molecular formula is C23H23F2N3O5S. The van der Waals surface area contributed by atoms with Crippen molar-refractivity contribution in [3.05, 3.63) is 47.5 Å². The lowest BCUT2D eigenvalue weighted by atomic mass is 9.73. The Morgan fingerprint density at radius 2 is 1.94 bits per heavy atom. The van der Waals surface area contributed by atoms with E-state index in [1.807, 2.05) is 0 Å². The Morgan fingerprint density at radius 3 is 2.59 bits per heavy atom. The second-order valence-electron chi connectivity index (χ2n) is 8.36. The van der Waals surface area contributed by atoms with Crippen LogP contribution in [0.4, 0.5) is 14.5 Å². The highest BCUT2D eigenvalue weighted by Gasteiger charge is 2.48. The third-order valence-electron chi connectivity index (χ3n) is 6.26. The fraction of sp³-hybridized carbons (Fsp3) is 0.391. The molecule has 2 aromatic carbocycles. The molecule has 0 bridgehead atoms. The van der Waals surface area contributed by atoms with Crippen LogP contribution in [-0.2, 0) is 20.0 Å². The Hall–Kier alpha value is -3.23. The van der Waals surface area contributed by atoms with Crippen LogP contribution >= 0.6 is 0 Å². The summed E-state index contributed by atoms with van der Waals surface area (Å²) in [6.07, 6.45) is 2.10. The molecule has 0 unspecified atom stereocenters. The van der Waals surface area contributed by atoms with Gasteiger partial charge >= 0.3 is 6.61 Å². The molecule has 1 saturated heterocycles. The van der Waals surface area contributed by atoms with E-state index in [0.717, 1.165) is 23.6 Å². The van der Waals surface area contributed by atoms with Gasteiger partial charge in [-0.15, -0.1) is 0 Å². The number of nitriles is 1. The molecule has 0 radical (unpaired) electrons. The van der Waals surface area contributed by atoms with Crippen molar-refractivity contribution in [2.75, 3.05) is 37.8 Å². The zero-order chi connectivity index (χ0) is 24.5. The summed E-state index contributed by atoms with van der Waals surface area (Å²) in [5.74, 6) is -0.298. The summed E-state index contributed by atoms with van der Waals surface area (Å²) in [5.41, 5.74) is 1.48. The molecule has 11 heteroatoms. The number of ether oxygens (including phenoxy) is 2. The molecule has 4 rings (SSSR count).